The van der Waals surface area contributed by atoms with Crippen LogP contribution >= 0.6 is 0 Å². The van der Waals surface area contributed by atoms with E-state index in [1.807, 2.05) is 21.1 Å². The minimum Gasteiger partial charge on any atom is -0.309 e. The van der Waals surface area contributed by atoms with E-state index < -0.39 is 5.82 Å². The summed E-state index contributed by atoms with van der Waals surface area (Å²) in [4.78, 5) is 16.1. The Bertz CT molecular complexity index is 407. The van der Waals surface area contributed by atoms with Crippen molar-refractivity contribution in [2.24, 2.45) is 0 Å². The summed E-state index contributed by atoms with van der Waals surface area (Å²) in [5.41, 5.74) is 0.198. The number of rotatable bonds is 8. The van der Waals surface area contributed by atoms with E-state index in [1.165, 1.54) is 6.07 Å². The number of halogens is 1. The first kappa shape index (κ1) is 15.8. The van der Waals surface area contributed by atoms with Crippen LogP contribution in [0.2, 0.25) is 0 Å². The van der Waals surface area contributed by atoms with Crippen molar-refractivity contribution in [1.82, 2.24) is 9.80 Å². The third-order valence-corrected chi connectivity index (χ3v) is 3.04. The van der Waals surface area contributed by atoms with Gasteiger partial charge in [0, 0.05) is 13.0 Å². The molecule has 0 amide bonds. The van der Waals surface area contributed by atoms with E-state index in [4.69, 9.17) is 0 Å². The van der Waals surface area contributed by atoms with Crippen molar-refractivity contribution in [1.29, 1.82) is 0 Å². The molecule has 0 aliphatic heterocycles. The van der Waals surface area contributed by atoms with Crippen LogP contribution in [0.4, 0.5) is 4.39 Å². The molecular weight excluding hydrogens is 243 g/mol. The van der Waals surface area contributed by atoms with E-state index >= 15 is 0 Å². The van der Waals surface area contributed by atoms with Crippen molar-refractivity contribution in [2.75, 3.05) is 40.8 Å². The maximum absolute atomic E-state index is 13.4. The minimum absolute atomic E-state index is 0.127. The van der Waals surface area contributed by atoms with Gasteiger partial charge >= 0.3 is 0 Å². The zero-order valence-corrected chi connectivity index (χ0v) is 12.0. The highest BCUT2D eigenvalue weighted by Crippen LogP contribution is 2.09. The highest BCUT2D eigenvalue weighted by Gasteiger charge is 2.11. The quantitative estimate of drug-likeness (QED) is 0.674. The maximum Gasteiger partial charge on any atom is 0.167 e. The molecule has 0 radical (unpaired) electrons. The molecule has 0 bridgehead atoms. The molecule has 0 saturated heterocycles. The summed E-state index contributed by atoms with van der Waals surface area (Å²) in [6.07, 6.45) is 1.43. The molecule has 1 aromatic carbocycles. The van der Waals surface area contributed by atoms with Gasteiger partial charge in [0.15, 0.2) is 5.78 Å². The van der Waals surface area contributed by atoms with Crippen molar-refractivity contribution in [3.05, 3.63) is 35.6 Å². The number of carbonyl (C=O) groups is 1. The van der Waals surface area contributed by atoms with Crippen LogP contribution in [0.15, 0.2) is 24.3 Å². The van der Waals surface area contributed by atoms with E-state index in [1.54, 1.807) is 18.2 Å². The third kappa shape index (κ3) is 5.94. The Kier molecular flexibility index (Phi) is 6.67. The third-order valence-electron chi connectivity index (χ3n) is 3.04. The predicted octanol–water partition coefficient (Wildman–Crippen LogP) is 2.28. The highest BCUT2D eigenvalue weighted by molar-refractivity contribution is 5.96. The summed E-state index contributed by atoms with van der Waals surface area (Å²) in [5, 5.41) is 0. The monoisotopic (exact) mass is 266 g/mol. The van der Waals surface area contributed by atoms with Crippen LogP contribution in [0, 0.1) is 5.82 Å². The average molecular weight is 266 g/mol. The molecule has 0 N–H and O–H groups in total. The van der Waals surface area contributed by atoms with Crippen LogP contribution in [0.1, 0.15) is 23.2 Å². The lowest BCUT2D eigenvalue weighted by Gasteiger charge is -2.17. The molecule has 0 aliphatic carbocycles. The topological polar surface area (TPSA) is 23.6 Å². The standard InChI is InChI=1S/C15H23FN2O/c1-17(2)10-6-11-18(3)12-9-15(19)13-7-4-5-8-14(13)16/h4-5,7-8H,6,9-12H2,1-3H3. The molecule has 19 heavy (non-hydrogen) atoms. The van der Waals surface area contributed by atoms with Crippen LogP contribution in [0.3, 0.4) is 0 Å². The van der Waals surface area contributed by atoms with Crippen LogP contribution in [-0.4, -0.2) is 56.4 Å². The lowest BCUT2D eigenvalue weighted by molar-refractivity contribution is 0.0964. The molecule has 0 aliphatic rings. The largest absolute Gasteiger partial charge is 0.309 e. The molecule has 106 valence electrons. The van der Waals surface area contributed by atoms with Crippen molar-refractivity contribution in [3.8, 4) is 0 Å². The van der Waals surface area contributed by atoms with Gasteiger partial charge in [-0.15, -0.1) is 0 Å². The van der Waals surface area contributed by atoms with Gasteiger partial charge in [0.2, 0.25) is 0 Å². The average Bonchev–Trinajstić information content (AvgIpc) is 2.36. The van der Waals surface area contributed by atoms with Gasteiger partial charge in [0.1, 0.15) is 5.82 Å². The van der Waals surface area contributed by atoms with Gasteiger partial charge in [-0.2, -0.15) is 0 Å². The second-order valence-electron chi connectivity index (χ2n) is 5.11. The fourth-order valence-electron chi connectivity index (χ4n) is 1.88. The molecule has 0 spiro atoms. The lowest BCUT2D eigenvalue weighted by Crippen LogP contribution is -2.26. The van der Waals surface area contributed by atoms with Crippen molar-refractivity contribution >= 4 is 5.78 Å². The summed E-state index contributed by atoms with van der Waals surface area (Å²) in [7, 11) is 6.08. The summed E-state index contributed by atoms with van der Waals surface area (Å²) in [5.74, 6) is -0.555. The first-order chi connectivity index (χ1) is 9.00. The maximum atomic E-state index is 13.4. The Morgan fingerprint density at radius 2 is 1.79 bits per heavy atom. The summed E-state index contributed by atoms with van der Waals surface area (Å²) in [6, 6.07) is 6.16. The van der Waals surface area contributed by atoms with Crippen LogP contribution in [0.5, 0.6) is 0 Å². The SMILES string of the molecule is CN(C)CCCN(C)CCC(=O)c1ccccc1F. The van der Waals surface area contributed by atoms with Gasteiger partial charge in [-0.1, -0.05) is 12.1 Å². The molecule has 0 heterocycles. The molecule has 1 aromatic rings. The lowest BCUT2D eigenvalue weighted by atomic mass is 10.1. The number of hydrogen-bond donors (Lipinski definition) is 0. The number of ketones is 1. The zero-order valence-electron chi connectivity index (χ0n) is 12.0. The molecule has 0 saturated carbocycles. The van der Waals surface area contributed by atoms with E-state index in [2.05, 4.69) is 9.80 Å². The fraction of sp³-hybridized carbons (Fsp3) is 0.533. The number of nitrogens with zero attached hydrogens (tertiary/aromatic N) is 2. The molecule has 4 heteroatoms. The second kappa shape index (κ2) is 8.02. The zero-order chi connectivity index (χ0) is 14.3. The van der Waals surface area contributed by atoms with Gasteiger partial charge in [0.05, 0.1) is 5.56 Å². The second-order valence-corrected chi connectivity index (χ2v) is 5.11. The fourth-order valence-corrected chi connectivity index (χ4v) is 1.88. The van der Waals surface area contributed by atoms with E-state index in [0.717, 1.165) is 19.5 Å². The van der Waals surface area contributed by atoms with Gasteiger partial charge in [0.25, 0.3) is 0 Å². The number of carbonyl (C=O) groups excluding carboxylic acids is 1. The van der Waals surface area contributed by atoms with Crippen LogP contribution < -0.4 is 0 Å². The molecule has 0 aromatic heterocycles. The predicted molar refractivity (Wildman–Crippen MR) is 76.0 cm³/mol. The minimum atomic E-state index is -0.428. The van der Waals surface area contributed by atoms with Crippen molar-refractivity contribution in [3.63, 3.8) is 0 Å². The first-order valence-corrected chi connectivity index (χ1v) is 6.61. The molecule has 0 unspecified atom stereocenters. The number of Topliss-reactive ketones (excluding diaryl/α,β-unsaturated/α-hetero) is 1. The van der Waals surface area contributed by atoms with Crippen LogP contribution in [0.25, 0.3) is 0 Å². The van der Waals surface area contributed by atoms with Gasteiger partial charge in [-0.3, -0.25) is 4.79 Å². The van der Waals surface area contributed by atoms with Gasteiger partial charge in [-0.25, -0.2) is 4.39 Å². The first-order valence-electron chi connectivity index (χ1n) is 6.61. The van der Waals surface area contributed by atoms with Gasteiger partial charge < -0.3 is 9.80 Å². The summed E-state index contributed by atoms with van der Waals surface area (Å²) < 4.78 is 13.4. The van der Waals surface area contributed by atoms with Gasteiger partial charge in [-0.05, 0) is 52.8 Å². The highest BCUT2D eigenvalue weighted by atomic mass is 19.1. The summed E-state index contributed by atoms with van der Waals surface area (Å²) >= 11 is 0. The molecule has 1 rings (SSSR count). The Morgan fingerprint density at radius 1 is 1.11 bits per heavy atom. The Hall–Kier alpha value is -1.26. The molecular formula is C15H23FN2O. The van der Waals surface area contributed by atoms with E-state index in [0.29, 0.717) is 13.0 Å². The van der Waals surface area contributed by atoms with E-state index in [-0.39, 0.29) is 11.3 Å². The molecule has 3 nitrogen and oxygen atoms in total. The summed E-state index contributed by atoms with van der Waals surface area (Å²) in [6.45, 7) is 2.65. The smallest absolute Gasteiger partial charge is 0.167 e. The normalized spacial score (nSPS) is 11.3. The Morgan fingerprint density at radius 3 is 2.42 bits per heavy atom. The molecule has 0 atom stereocenters. The molecule has 0 fully saturated rings. The van der Waals surface area contributed by atoms with Crippen molar-refractivity contribution in [2.45, 2.75) is 12.8 Å². The van der Waals surface area contributed by atoms with Crippen LogP contribution in [-0.2, 0) is 0 Å². The number of hydrogen-bond acceptors (Lipinski definition) is 3. The van der Waals surface area contributed by atoms with E-state index in [9.17, 15) is 9.18 Å². The Balaban J connectivity index is 2.32. The number of benzene rings is 1. The Labute approximate surface area is 115 Å². The van der Waals surface area contributed by atoms with Crippen molar-refractivity contribution < 1.29 is 9.18 Å².